The lowest BCUT2D eigenvalue weighted by molar-refractivity contribution is 0.155. The normalized spacial score (nSPS) is 10.4. The Labute approximate surface area is 181 Å². The quantitative estimate of drug-likeness (QED) is 0.206. The van der Waals surface area contributed by atoms with Crippen molar-refractivity contribution < 1.29 is 19.1 Å². The molecule has 29 heavy (non-hydrogen) atoms. The minimum atomic E-state index is -0.697. The van der Waals surface area contributed by atoms with Crippen LogP contribution in [0.5, 0.6) is 0 Å². The van der Waals surface area contributed by atoms with Gasteiger partial charge in [0, 0.05) is 0 Å². The number of ether oxygens (including phenoxy) is 2. The van der Waals surface area contributed by atoms with E-state index < -0.39 is 12.2 Å². The van der Waals surface area contributed by atoms with E-state index in [0.29, 0.717) is 24.6 Å². The minimum Gasteiger partial charge on any atom is -0.447 e. The highest BCUT2D eigenvalue weighted by molar-refractivity contribution is 7.58. The number of unbranched alkanes of at least 4 members (excludes halogenated alkanes) is 14. The topological polar surface area (TPSA) is 77.3 Å². The zero-order valence-electron chi connectivity index (χ0n) is 18.7. The van der Waals surface area contributed by atoms with E-state index in [0.717, 1.165) is 25.7 Å². The van der Waals surface area contributed by atoms with Crippen LogP contribution in [-0.4, -0.2) is 25.4 Å². The van der Waals surface area contributed by atoms with Crippen LogP contribution in [0.4, 0.5) is 9.59 Å². The molecule has 7 heteroatoms. The third-order valence-electron chi connectivity index (χ3n) is 4.68. The zero-order chi connectivity index (χ0) is 21.4. The summed E-state index contributed by atoms with van der Waals surface area (Å²) in [6.07, 6.45) is 17.6. The van der Waals surface area contributed by atoms with Crippen LogP contribution in [0.3, 0.4) is 0 Å². The Morgan fingerprint density at radius 1 is 0.552 bits per heavy atom. The SMILES string of the molecule is CCCCCCCCCCOC(=O)N=S=NC(=O)OCCCCCCCCCC. The summed E-state index contributed by atoms with van der Waals surface area (Å²) in [7, 11) is 0. The van der Waals surface area contributed by atoms with E-state index in [2.05, 4.69) is 22.6 Å². The first kappa shape index (κ1) is 27.8. The van der Waals surface area contributed by atoms with E-state index in [1.165, 1.54) is 77.0 Å². The molecule has 0 bridgehead atoms. The molecule has 0 aromatic rings. The van der Waals surface area contributed by atoms with Gasteiger partial charge in [0.1, 0.15) is 0 Å². The Morgan fingerprint density at radius 3 is 1.21 bits per heavy atom. The number of carbonyl (C=O) groups excluding carboxylic acids is 2. The molecule has 0 aliphatic rings. The largest absolute Gasteiger partial charge is 0.447 e. The van der Waals surface area contributed by atoms with Crippen LogP contribution >= 0.6 is 0 Å². The molecule has 0 aromatic heterocycles. The summed E-state index contributed by atoms with van der Waals surface area (Å²) in [6, 6.07) is 0. The average molecular weight is 431 g/mol. The smallest absolute Gasteiger partial charge is 0.445 e. The van der Waals surface area contributed by atoms with Crippen LogP contribution in [0.15, 0.2) is 8.73 Å². The van der Waals surface area contributed by atoms with Gasteiger partial charge in [-0.25, -0.2) is 9.59 Å². The minimum absolute atomic E-state index is 0.362. The lowest BCUT2D eigenvalue weighted by Crippen LogP contribution is -2.01. The van der Waals surface area contributed by atoms with Gasteiger partial charge in [0.15, 0.2) is 0 Å². The van der Waals surface area contributed by atoms with E-state index in [-0.39, 0.29) is 0 Å². The van der Waals surface area contributed by atoms with Gasteiger partial charge in [-0.05, 0) is 12.8 Å². The predicted octanol–water partition coefficient (Wildman–Crippen LogP) is 7.99. The Balaban J connectivity index is 3.53. The van der Waals surface area contributed by atoms with Gasteiger partial charge in [-0.2, -0.15) is 0 Å². The van der Waals surface area contributed by atoms with Crippen molar-refractivity contribution >= 4 is 23.5 Å². The van der Waals surface area contributed by atoms with Gasteiger partial charge in [-0.1, -0.05) is 112 Å². The van der Waals surface area contributed by atoms with Crippen molar-refractivity contribution in [1.29, 1.82) is 0 Å². The molecule has 0 aliphatic carbocycles. The first-order valence-corrected chi connectivity index (χ1v) is 12.4. The molecule has 0 radical (unpaired) electrons. The molecule has 0 aromatic carbocycles. The summed E-state index contributed by atoms with van der Waals surface area (Å²) >= 11 is 0.529. The highest BCUT2D eigenvalue weighted by atomic mass is 32.1. The molecule has 0 rings (SSSR count). The fraction of sp³-hybridized carbons (Fsp3) is 0.909. The van der Waals surface area contributed by atoms with Gasteiger partial charge >= 0.3 is 12.2 Å². The Hall–Kier alpha value is -1.24. The van der Waals surface area contributed by atoms with Gasteiger partial charge in [-0.15, -0.1) is 0 Å². The maximum Gasteiger partial charge on any atom is 0.445 e. The first-order valence-electron chi connectivity index (χ1n) is 11.6. The lowest BCUT2D eigenvalue weighted by Gasteiger charge is -2.02. The third kappa shape index (κ3) is 22.9. The van der Waals surface area contributed by atoms with Crippen molar-refractivity contribution in [3.8, 4) is 0 Å². The highest BCUT2D eigenvalue weighted by Crippen LogP contribution is 2.09. The van der Waals surface area contributed by atoms with E-state index >= 15 is 0 Å². The maximum absolute atomic E-state index is 11.4. The molecular weight excluding hydrogens is 388 g/mol. The molecule has 0 spiro atoms. The summed E-state index contributed by atoms with van der Waals surface area (Å²) in [5.74, 6) is 0. The van der Waals surface area contributed by atoms with Crippen LogP contribution in [0.2, 0.25) is 0 Å². The van der Waals surface area contributed by atoms with Crippen LogP contribution in [0.1, 0.15) is 117 Å². The van der Waals surface area contributed by atoms with E-state index in [1.807, 2.05) is 0 Å². The number of hydrogen-bond acceptors (Lipinski definition) is 4. The second kappa shape index (κ2) is 23.0. The van der Waals surface area contributed by atoms with Crippen molar-refractivity contribution in [2.75, 3.05) is 13.2 Å². The summed E-state index contributed by atoms with van der Waals surface area (Å²) in [5, 5.41) is 0. The maximum atomic E-state index is 11.4. The number of hydrogen-bond donors (Lipinski definition) is 0. The van der Waals surface area contributed by atoms with Crippen LogP contribution in [0.25, 0.3) is 0 Å². The van der Waals surface area contributed by atoms with Crippen molar-refractivity contribution in [3.63, 3.8) is 0 Å². The number of rotatable bonds is 18. The number of nitrogens with zero attached hydrogens (tertiary/aromatic N) is 2. The van der Waals surface area contributed by atoms with E-state index in [4.69, 9.17) is 9.47 Å². The molecule has 0 unspecified atom stereocenters. The van der Waals surface area contributed by atoms with Gasteiger partial charge < -0.3 is 9.47 Å². The molecule has 2 amide bonds. The van der Waals surface area contributed by atoms with Crippen LogP contribution < -0.4 is 0 Å². The number of amides is 2. The van der Waals surface area contributed by atoms with Crippen molar-refractivity contribution in [2.45, 2.75) is 117 Å². The Kier molecular flexibility index (Phi) is 22.1. The van der Waals surface area contributed by atoms with Crippen LogP contribution in [0, 0.1) is 0 Å². The average Bonchev–Trinajstić information content (AvgIpc) is 2.71. The van der Waals surface area contributed by atoms with Gasteiger partial charge in [-0.3, -0.25) is 0 Å². The lowest BCUT2D eigenvalue weighted by atomic mass is 10.1. The predicted molar refractivity (Wildman–Crippen MR) is 120 cm³/mol. The van der Waals surface area contributed by atoms with Crippen LogP contribution in [-0.2, 0) is 20.8 Å². The van der Waals surface area contributed by atoms with Gasteiger partial charge in [0.25, 0.3) is 0 Å². The van der Waals surface area contributed by atoms with Crippen molar-refractivity contribution in [2.24, 2.45) is 8.73 Å². The highest BCUT2D eigenvalue weighted by Gasteiger charge is 2.00. The van der Waals surface area contributed by atoms with E-state index in [9.17, 15) is 9.59 Å². The molecule has 0 saturated carbocycles. The molecule has 0 saturated heterocycles. The molecule has 0 heterocycles. The Bertz CT molecular complexity index is 428. The van der Waals surface area contributed by atoms with E-state index in [1.54, 1.807) is 0 Å². The summed E-state index contributed by atoms with van der Waals surface area (Å²) in [5.41, 5.74) is 0. The molecule has 0 atom stereocenters. The summed E-state index contributed by atoms with van der Waals surface area (Å²) in [6.45, 7) is 5.15. The summed E-state index contributed by atoms with van der Waals surface area (Å²) < 4.78 is 17.0. The number of carbonyl (C=O) groups is 2. The van der Waals surface area contributed by atoms with Gasteiger partial charge in [0.05, 0.1) is 24.6 Å². The molecule has 6 nitrogen and oxygen atoms in total. The summed E-state index contributed by atoms with van der Waals surface area (Å²) in [4.78, 5) is 22.9. The zero-order valence-corrected chi connectivity index (χ0v) is 19.5. The third-order valence-corrected chi connectivity index (χ3v) is 5.14. The monoisotopic (exact) mass is 430 g/mol. The van der Waals surface area contributed by atoms with Gasteiger partial charge in [0.2, 0.25) is 0 Å². The second-order valence-electron chi connectivity index (χ2n) is 7.44. The first-order chi connectivity index (χ1) is 14.2. The fourth-order valence-corrected chi connectivity index (χ4v) is 3.21. The second-order valence-corrected chi connectivity index (χ2v) is 7.97. The molecule has 0 fully saturated rings. The molecule has 170 valence electrons. The fourth-order valence-electron chi connectivity index (χ4n) is 2.93. The molecule has 0 aliphatic heterocycles. The molecule has 0 N–H and O–H groups in total. The standard InChI is InChI=1S/C22H42N2O4S/c1-3-5-7-9-11-13-15-17-19-27-21(25)23-29-24-22(26)28-20-18-16-14-12-10-8-6-4-2/h3-20H2,1-2H3. The van der Waals surface area contributed by atoms with Crippen molar-refractivity contribution in [1.82, 2.24) is 0 Å². The Morgan fingerprint density at radius 2 is 0.862 bits per heavy atom. The van der Waals surface area contributed by atoms with Crippen molar-refractivity contribution in [3.05, 3.63) is 0 Å². The molecular formula is C22H42N2O4S.